The Kier molecular flexibility index (Phi) is 6.48. The topological polar surface area (TPSA) is 32.3 Å². The molecule has 0 radical (unpaired) electrons. The number of rotatable bonds is 6. The lowest BCUT2D eigenvalue weighted by Crippen LogP contribution is -2.25. The fraction of sp³-hybridized carbons (Fsp3) is 0.278. The lowest BCUT2D eigenvalue weighted by Gasteiger charge is -2.12. The summed E-state index contributed by atoms with van der Waals surface area (Å²) in [6, 6.07) is 13.7. The molecule has 0 aliphatic carbocycles. The van der Waals surface area contributed by atoms with Gasteiger partial charge in [0.1, 0.15) is 0 Å². The summed E-state index contributed by atoms with van der Waals surface area (Å²) in [5.41, 5.74) is 2.95. The van der Waals surface area contributed by atoms with Crippen LogP contribution in [0.15, 0.2) is 46.9 Å². The van der Waals surface area contributed by atoms with Crippen LogP contribution in [0, 0.1) is 0 Å². The van der Waals surface area contributed by atoms with E-state index in [2.05, 4.69) is 50.4 Å². The molecule has 0 bridgehead atoms. The lowest BCUT2D eigenvalue weighted by atomic mass is 10.1. The van der Waals surface area contributed by atoms with Crippen molar-refractivity contribution in [3.63, 3.8) is 0 Å². The highest BCUT2D eigenvalue weighted by molar-refractivity contribution is 9.10. The van der Waals surface area contributed by atoms with Crippen molar-refractivity contribution in [1.29, 1.82) is 0 Å². The number of amides is 1. The van der Waals surface area contributed by atoms with E-state index >= 15 is 0 Å². The molecule has 2 aromatic carbocycles. The van der Waals surface area contributed by atoms with E-state index in [-0.39, 0.29) is 5.91 Å². The van der Waals surface area contributed by atoms with Gasteiger partial charge in [-0.25, -0.2) is 0 Å². The Morgan fingerprint density at radius 1 is 1.17 bits per heavy atom. The molecule has 0 fully saturated rings. The number of hydrogen-bond acceptors (Lipinski definition) is 2. The van der Waals surface area contributed by atoms with E-state index in [1.165, 1.54) is 11.3 Å². The van der Waals surface area contributed by atoms with Crippen LogP contribution in [0.3, 0.4) is 0 Å². The number of carbonyl (C=O) groups excluding carboxylic acids is 1. The number of aryl methyl sites for hydroxylation is 1. The van der Waals surface area contributed by atoms with Crippen molar-refractivity contribution in [3.05, 3.63) is 63.1 Å². The smallest absolute Gasteiger partial charge is 0.252 e. The van der Waals surface area contributed by atoms with Crippen molar-refractivity contribution < 1.29 is 4.79 Å². The highest BCUT2D eigenvalue weighted by atomic mass is 79.9. The van der Waals surface area contributed by atoms with Gasteiger partial charge in [0.05, 0.1) is 10.6 Å². The number of benzene rings is 2. The normalized spacial score (nSPS) is 10.4. The van der Waals surface area contributed by atoms with Gasteiger partial charge >= 0.3 is 0 Å². The quantitative estimate of drug-likeness (QED) is 0.729. The van der Waals surface area contributed by atoms with Crippen LogP contribution in [0.4, 0.5) is 5.69 Å². The first kappa shape index (κ1) is 17.8. The summed E-state index contributed by atoms with van der Waals surface area (Å²) in [5, 5.41) is 3.38. The molecule has 0 unspecified atom stereocenters. The van der Waals surface area contributed by atoms with Gasteiger partial charge in [-0.3, -0.25) is 4.79 Å². The summed E-state index contributed by atoms with van der Waals surface area (Å²) >= 11 is 9.41. The predicted molar refractivity (Wildman–Crippen MR) is 101 cm³/mol. The number of carbonyl (C=O) groups is 1. The van der Waals surface area contributed by atoms with Gasteiger partial charge in [0.15, 0.2) is 0 Å². The Bertz CT molecular complexity index is 671. The number of nitrogens with zero attached hydrogens (tertiary/aromatic N) is 1. The molecule has 0 aliphatic heterocycles. The first-order valence-corrected chi connectivity index (χ1v) is 8.64. The summed E-state index contributed by atoms with van der Waals surface area (Å²) in [6.45, 7) is 0.622. The molecule has 2 rings (SSSR count). The highest BCUT2D eigenvalue weighted by Gasteiger charge is 2.10. The summed E-state index contributed by atoms with van der Waals surface area (Å²) in [5.74, 6) is -0.140. The third kappa shape index (κ3) is 5.26. The van der Waals surface area contributed by atoms with Gasteiger partial charge in [-0.15, -0.1) is 0 Å². The molecule has 1 N–H and O–H groups in total. The molecule has 0 saturated carbocycles. The van der Waals surface area contributed by atoms with Crippen LogP contribution in [0.1, 0.15) is 22.3 Å². The van der Waals surface area contributed by atoms with Crippen molar-refractivity contribution in [3.8, 4) is 0 Å². The highest BCUT2D eigenvalue weighted by Crippen LogP contribution is 2.20. The van der Waals surface area contributed by atoms with E-state index in [1.54, 1.807) is 12.1 Å². The molecule has 3 nitrogen and oxygen atoms in total. The first-order chi connectivity index (χ1) is 11.0. The van der Waals surface area contributed by atoms with Gasteiger partial charge in [-0.05, 0) is 48.7 Å². The summed E-state index contributed by atoms with van der Waals surface area (Å²) in [4.78, 5) is 14.2. The van der Waals surface area contributed by atoms with Crippen LogP contribution in [0.25, 0.3) is 0 Å². The molecule has 23 heavy (non-hydrogen) atoms. The van der Waals surface area contributed by atoms with Gasteiger partial charge in [0, 0.05) is 30.8 Å². The molecule has 2 aromatic rings. The lowest BCUT2D eigenvalue weighted by molar-refractivity contribution is 0.0953. The molecule has 0 atom stereocenters. The Morgan fingerprint density at radius 3 is 2.52 bits per heavy atom. The van der Waals surface area contributed by atoms with Crippen molar-refractivity contribution in [2.45, 2.75) is 12.8 Å². The first-order valence-electron chi connectivity index (χ1n) is 7.47. The van der Waals surface area contributed by atoms with Crippen molar-refractivity contribution in [1.82, 2.24) is 5.32 Å². The largest absolute Gasteiger partial charge is 0.378 e. The molecule has 0 saturated heterocycles. The van der Waals surface area contributed by atoms with Crippen molar-refractivity contribution in [2.75, 3.05) is 25.5 Å². The second-order valence-corrected chi connectivity index (χ2v) is 6.87. The van der Waals surface area contributed by atoms with E-state index in [0.29, 0.717) is 17.1 Å². The van der Waals surface area contributed by atoms with Crippen LogP contribution in [0.5, 0.6) is 0 Å². The van der Waals surface area contributed by atoms with Gasteiger partial charge in [0.2, 0.25) is 0 Å². The number of hydrogen-bond donors (Lipinski definition) is 1. The van der Waals surface area contributed by atoms with Crippen LogP contribution in [-0.2, 0) is 6.42 Å². The van der Waals surface area contributed by atoms with Gasteiger partial charge < -0.3 is 10.2 Å². The van der Waals surface area contributed by atoms with E-state index in [0.717, 1.165) is 17.3 Å². The average molecular weight is 396 g/mol. The van der Waals surface area contributed by atoms with E-state index in [4.69, 9.17) is 11.6 Å². The number of halogens is 2. The third-order valence-corrected chi connectivity index (χ3v) is 4.38. The minimum Gasteiger partial charge on any atom is -0.378 e. The number of anilines is 1. The van der Waals surface area contributed by atoms with Gasteiger partial charge in [0.25, 0.3) is 5.91 Å². The zero-order valence-corrected chi connectivity index (χ0v) is 15.6. The second kappa shape index (κ2) is 8.37. The molecular weight excluding hydrogens is 376 g/mol. The molecule has 0 aliphatic rings. The summed E-state index contributed by atoms with van der Waals surface area (Å²) in [7, 11) is 4.05. The Labute approximate surface area is 150 Å². The summed E-state index contributed by atoms with van der Waals surface area (Å²) < 4.78 is 0.841. The zero-order valence-electron chi connectivity index (χ0n) is 13.3. The molecule has 5 heteroatoms. The van der Waals surface area contributed by atoms with Gasteiger partial charge in [-0.2, -0.15) is 0 Å². The molecular formula is C18H20BrClN2O. The van der Waals surface area contributed by atoms with E-state index < -0.39 is 0 Å². The molecule has 0 heterocycles. The number of nitrogens with one attached hydrogen (secondary N) is 1. The van der Waals surface area contributed by atoms with Crippen LogP contribution < -0.4 is 10.2 Å². The van der Waals surface area contributed by atoms with Crippen molar-refractivity contribution in [2.24, 2.45) is 0 Å². The molecule has 0 spiro atoms. The minimum absolute atomic E-state index is 0.140. The van der Waals surface area contributed by atoms with Gasteiger partial charge in [-0.1, -0.05) is 39.7 Å². The Hall–Kier alpha value is -1.52. The van der Waals surface area contributed by atoms with Crippen molar-refractivity contribution >= 4 is 39.1 Å². The van der Waals surface area contributed by atoms with E-state index in [9.17, 15) is 4.79 Å². The fourth-order valence-electron chi connectivity index (χ4n) is 2.22. The van der Waals surface area contributed by atoms with E-state index in [1.807, 2.05) is 20.2 Å². The molecule has 0 aromatic heterocycles. The average Bonchev–Trinajstić information content (AvgIpc) is 2.54. The SMILES string of the molecule is CN(C)c1ccc(CCCNC(=O)c2cc(Br)ccc2Cl)cc1. The van der Waals surface area contributed by atoms with Crippen LogP contribution in [-0.4, -0.2) is 26.5 Å². The third-order valence-electron chi connectivity index (χ3n) is 3.55. The molecule has 122 valence electrons. The minimum atomic E-state index is -0.140. The maximum absolute atomic E-state index is 12.1. The Balaban J connectivity index is 1.81. The second-order valence-electron chi connectivity index (χ2n) is 5.54. The summed E-state index contributed by atoms with van der Waals surface area (Å²) in [6.07, 6.45) is 1.82. The zero-order chi connectivity index (χ0) is 16.8. The standard InChI is InChI=1S/C18H20BrClN2O/c1-22(2)15-8-5-13(6-9-15)4-3-11-21-18(23)16-12-14(19)7-10-17(16)20/h5-10,12H,3-4,11H2,1-2H3,(H,21,23). The predicted octanol–water partition coefficient (Wildman–Crippen LogP) is 4.53. The van der Waals surface area contributed by atoms with Crippen LogP contribution >= 0.6 is 27.5 Å². The maximum atomic E-state index is 12.1. The monoisotopic (exact) mass is 394 g/mol. The Morgan fingerprint density at radius 2 is 1.87 bits per heavy atom. The van der Waals surface area contributed by atoms with Crippen LogP contribution in [0.2, 0.25) is 5.02 Å². The molecule has 1 amide bonds. The maximum Gasteiger partial charge on any atom is 0.252 e. The fourth-order valence-corrected chi connectivity index (χ4v) is 2.79.